The highest BCUT2D eigenvalue weighted by Crippen LogP contribution is 2.12. The minimum atomic E-state index is 0.607. The summed E-state index contributed by atoms with van der Waals surface area (Å²) in [4.78, 5) is 3.71. The van der Waals surface area contributed by atoms with Gasteiger partial charge in [-0.1, -0.05) is 6.07 Å². The monoisotopic (exact) mass is 212 g/mol. The minimum absolute atomic E-state index is 0.607. The Morgan fingerprint density at radius 2 is 2.29 bits per heavy atom. The molecule has 1 heterocycles. The van der Waals surface area contributed by atoms with Gasteiger partial charge in [-0.15, -0.1) is 11.3 Å². The highest BCUT2D eigenvalue weighted by Gasteiger charge is 2.07. The van der Waals surface area contributed by atoms with Crippen molar-refractivity contribution in [2.75, 3.05) is 27.7 Å². The fourth-order valence-electron chi connectivity index (χ4n) is 1.43. The van der Waals surface area contributed by atoms with Crippen molar-refractivity contribution in [3.63, 3.8) is 0 Å². The summed E-state index contributed by atoms with van der Waals surface area (Å²) in [6.45, 7) is 1.15. The van der Waals surface area contributed by atoms with Gasteiger partial charge in [-0.25, -0.2) is 0 Å². The van der Waals surface area contributed by atoms with E-state index in [2.05, 4.69) is 41.8 Å². The molecule has 1 atom stereocenters. The fraction of sp³-hybridized carbons (Fsp3) is 0.636. The Morgan fingerprint density at radius 3 is 2.79 bits per heavy atom. The Bertz CT molecular complexity index is 231. The molecule has 2 nitrogen and oxygen atoms in total. The number of nitrogens with zero attached hydrogens (tertiary/aromatic N) is 1. The topological polar surface area (TPSA) is 15.3 Å². The van der Waals surface area contributed by atoms with Gasteiger partial charge in [0, 0.05) is 10.9 Å². The van der Waals surface area contributed by atoms with Crippen LogP contribution in [0.4, 0.5) is 0 Å². The molecule has 0 aliphatic carbocycles. The molecule has 1 rings (SSSR count). The Labute approximate surface area is 90.9 Å². The van der Waals surface area contributed by atoms with Gasteiger partial charge in [-0.3, -0.25) is 0 Å². The van der Waals surface area contributed by atoms with Crippen LogP contribution in [0.2, 0.25) is 0 Å². The largest absolute Gasteiger partial charge is 0.317 e. The van der Waals surface area contributed by atoms with Crippen molar-refractivity contribution in [3.05, 3.63) is 22.4 Å². The molecule has 80 valence electrons. The number of hydrogen-bond acceptors (Lipinski definition) is 3. The predicted molar refractivity (Wildman–Crippen MR) is 64.0 cm³/mol. The molecule has 0 aliphatic heterocycles. The van der Waals surface area contributed by atoms with Gasteiger partial charge in [0.1, 0.15) is 0 Å². The molecule has 0 bridgehead atoms. The second-order valence-electron chi connectivity index (χ2n) is 3.86. The summed E-state index contributed by atoms with van der Waals surface area (Å²) in [6, 6.07) is 4.94. The third-order valence-corrected chi connectivity index (χ3v) is 3.26. The highest BCUT2D eigenvalue weighted by molar-refractivity contribution is 7.09. The van der Waals surface area contributed by atoms with Crippen molar-refractivity contribution in [1.82, 2.24) is 10.2 Å². The van der Waals surface area contributed by atoms with Crippen molar-refractivity contribution in [2.24, 2.45) is 0 Å². The first-order valence-corrected chi connectivity index (χ1v) is 5.94. The van der Waals surface area contributed by atoms with E-state index in [0.29, 0.717) is 6.04 Å². The number of hydrogen-bond donors (Lipinski definition) is 1. The standard InChI is InChI=1S/C11H20N2S/c1-12-10(6-7-13(2)3)9-11-5-4-8-14-11/h4-5,8,10,12H,6-7,9H2,1-3H3. The van der Waals surface area contributed by atoms with Crippen LogP contribution in [0, 0.1) is 0 Å². The number of rotatable bonds is 6. The zero-order valence-electron chi connectivity index (χ0n) is 9.29. The Hall–Kier alpha value is -0.380. The van der Waals surface area contributed by atoms with E-state index in [1.807, 2.05) is 18.4 Å². The summed E-state index contributed by atoms with van der Waals surface area (Å²) in [7, 11) is 6.30. The van der Waals surface area contributed by atoms with Gasteiger partial charge in [0.05, 0.1) is 0 Å². The number of thiophene rings is 1. The second kappa shape index (κ2) is 6.17. The van der Waals surface area contributed by atoms with Crippen LogP contribution in [0.1, 0.15) is 11.3 Å². The van der Waals surface area contributed by atoms with E-state index >= 15 is 0 Å². The molecular formula is C11H20N2S. The van der Waals surface area contributed by atoms with Crippen LogP contribution in [0.5, 0.6) is 0 Å². The maximum atomic E-state index is 3.38. The van der Waals surface area contributed by atoms with E-state index in [-0.39, 0.29) is 0 Å². The molecule has 0 fully saturated rings. The quantitative estimate of drug-likeness (QED) is 0.774. The van der Waals surface area contributed by atoms with Crippen LogP contribution in [-0.2, 0) is 6.42 Å². The van der Waals surface area contributed by atoms with Crippen molar-refractivity contribution >= 4 is 11.3 Å². The van der Waals surface area contributed by atoms with Gasteiger partial charge in [0.25, 0.3) is 0 Å². The lowest BCUT2D eigenvalue weighted by Gasteiger charge is -2.17. The average molecular weight is 212 g/mol. The van der Waals surface area contributed by atoms with Crippen molar-refractivity contribution in [3.8, 4) is 0 Å². The second-order valence-corrected chi connectivity index (χ2v) is 4.89. The Kier molecular flexibility index (Phi) is 5.15. The lowest BCUT2D eigenvalue weighted by Crippen LogP contribution is -2.31. The lowest BCUT2D eigenvalue weighted by atomic mass is 10.1. The number of nitrogens with one attached hydrogen (secondary N) is 1. The van der Waals surface area contributed by atoms with E-state index < -0.39 is 0 Å². The molecule has 14 heavy (non-hydrogen) atoms. The van der Waals surface area contributed by atoms with Crippen molar-refractivity contribution in [1.29, 1.82) is 0 Å². The number of likely N-dealkylation sites (N-methyl/N-ethyl adjacent to an activating group) is 1. The van der Waals surface area contributed by atoms with E-state index in [0.717, 1.165) is 13.0 Å². The van der Waals surface area contributed by atoms with Gasteiger partial charge in [-0.2, -0.15) is 0 Å². The summed E-state index contributed by atoms with van der Waals surface area (Å²) in [5, 5.41) is 5.52. The zero-order valence-corrected chi connectivity index (χ0v) is 10.1. The molecule has 0 amide bonds. The van der Waals surface area contributed by atoms with Crippen molar-refractivity contribution in [2.45, 2.75) is 18.9 Å². The predicted octanol–water partition coefficient (Wildman–Crippen LogP) is 1.83. The van der Waals surface area contributed by atoms with Gasteiger partial charge in [-0.05, 0) is 52.0 Å². The van der Waals surface area contributed by atoms with Crippen LogP contribution in [0.3, 0.4) is 0 Å². The van der Waals surface area contributed by atoms with E-state index in [1.54, 1.807) is 0 Å². The molecule has 1 aromatic rings. The first kappa shape index (κ1) is 11.7. The summed E-state index contributed by atoms with van der Waals surface area (Å²) in [5.41, 5.74) is 0. The van der Waals surface area contributed by atoms with Gasteiger partial charge < -0.3 is 10.2 Å². The molecule has 1 aromatic heterocycles. The zero-order chi connectivity index (χ0) is 10.4. The Morgan fingerprint density at radius 1 is 1.50 bits per heavy atom. The minimum Gasteiger partial charge on any atom is -0.317 e. The molecule has 3 heteroatoms. The van der Waals surface area contributed by atoms with Crippen molar-refractivity contribution < 1.29 is 0 Å². The molecule has 0 saturated heterocycles. The molecule has 1 unspecified atom stereocenters. The summed E-state index contributed by atoms with van der Waals surface area (Å²) in [5.74, 6) is 0. The molecule has 0 spiro atoms. The maximum absolute atomic E-state index is 3.38. The molecule has 1 N–H and O–H groups in total. The van der Waals surface area contributed by atoms with Crippen LogP contribution in [0.15, 0.2) is 17.5 Å². The van der Waals surface area contributed by atoms with E-state index in [4.69, 9.17) is 0 Å². The average Bonchev–Trinajstić information content (AvgIpc) is 2.64. The summed E-state index contributed by atoms with van der Waals surface area (Å²) >= 11 is 1.85. The lowest BCUT2D eigenvalue weighted by molar-refractivity contribution is 0.365. The van der Waals surface area contributed by atoms with E-state index in [9.17, 15) is 0 Å². The molecule has 0 aromatic carbocycles. The highest BCUT2D eigenvalue weighted by atomic mass is 32.1. The summed E-state index contributed by atoms with van der Waals surface area (Å²) in [6.07, 6.45) is 2.36. The Balaban J connectivity index is 2.32. The van der Waals surface area contributed by atoms with E-state index in [1.165, 1.54) is 11.3 Å². The molecule has 0 saturated carbocycles. The molecule has 0 aliphatic rings. The van der Waals surface area contributed by atoms with Gasteiger partial charge in [0.15, 0.2) is 0 Å². The van der Waals surface area contributed by atoms with Gasteiger partial charge >= 0.3 is 0 Å². The first-order chi connectivity index (χ1) is 6.72. The normalized spacial score (nSPS) is 13.4. The molecular weight excluding hydrogens is 192 g/mol. The molecule has 0 radical (unpaired) electrons. The smallest absolute Gasteiger partial charge is 0.0124 e. The summed E-state index contributed by atoms with van der Waals surface area (Å²) < 4.78 is 0. The van der Waals surface area contributed by atoms with Crippen LogP contribution >= 0.6 is 11.3 Å². The van der Waals surface area contributed by atoms with Crippen LogP contribution in [-0.4, -0.2) is 38.6 Å². The third-order valence-electron chi connectivity index (χ3n) is 2.36. The maximum Gasteiger partial charge on any atom is 0.0124 e. The SMILES string of the molecule is CNC(CCN(C)C)Cc1cccs1. The van der Waals surface area contributed by atoms with Crippen LogP contribution in [0.25, 0.3) is 0 Å². The third kappa shape index (κ3) is 4.22. The van der Waals surface area contributed by atoms with Crippen LogP contribution < -0.4 is 5.32 Å². The fourth-order valence-corrected chi connectivity index (χ4v) is 2.22. The first-order valence-electron chi connectivity index (χ1n) is 5.06. The van der Waals surface area contributed by atoms with Gasteiger partial charge in [0.2, 0.25) is 0 Å².